The van der Waals surface area contributed by atoms with Crippen LogP contribution in [0.3, 0.4) is 0 Å². The number of benzene rings is 6. The topological polar surface area (TPSA) is 38.0 Å². The van der Waals surface area contributed by atoms with Crippen molar-refractivity contribution in [2.75, 3.05) is 0 Å². The van der Waals surface area contributed by atoms with Crippen LogP contribution in [0.2, 0.25) is 0 Å². The van der Waals surface area contributed by atoms with Crippen LogP contribution in [0.25, 0.3) is 71.0 Å². The lowest BCUT2D eigenvalue weighted by Gasteiger charge is -2.22. The molecule has 51 heavy (non-hydrogen) atoms. The van der Waals surface area contributed by atoms with Gasteiger partial charge in [-0.1, -0.05) is 102 Å². The Morgan fingerprint density at radius 3 is 1.67 bits per heavy atom. The van der Waals surface area contributed by atoms with E-state index >= 15 is 0 Å². The predicted molar refractivity (Wildman–Crippen MR) is 214 cm³/mol. The quantitative estimate of drug-likeness (QED) is 0.174. The molecule has 248 valence electrons. The van der Waals surface area contributed by atoms with Crippen molar-refractivity contribution in [3.8, 4) is 28.6 Å². The van der Waals surface area contributed by atoms with Gasteiger partial charge >= 0.3 is 0 Å². The Hall–Kier alpha value is -6.10. The summed E-state index contributed by atoms with van der Waals surface area (Å²) in [6.45, 7) is 24.4. The van der Waals surface area contributed by atoms with Gasteiger partial charge in [-0.15, -0.1) is 0 Å². The van der Waals surface area contributed by atoms with E-state index in [1.807, 2.05) is 19.1 Å². The second-order valence-corrected chi connectivity index (χ2v) is 15.8. The number of rotatable bonds is 3. The van der Waals surface area contributed by atoms with Gasteiger partial charge in [0.15, 0.2) is 0 Å². The molecule has 0 aliphatic rings. The third-order valence-corrected chi connectivity index (χ3v) is 10.3. The number of nitrogens with zero attached hydrogens (tertiary/aromatic N) is 4. The smallest absolute Gasteiger partial charge is 0.234 e. The Balaban J connectivity index is 1.55. The fourth-order valence-corrected chi connectivity index (χ4v) is 7.70. The lowest BCUT2D eigenvalue weighted by molar-refractivity contribution is 0.591. The third kappa shape index (κ3) is 5.10. The minimum Gasteiger partial charge on any atom is -0.319 e. The first kappa shape index (κ1) is 32.1. The molecule has 0 saturated carbocycles. The summed E-state index contributed by atoms with van der Waals surface area (Å²) in [7, 11) is 0. The van der Waals surface area contributed by atoms with Gasteiger partial charge in [-0.2, -0.15) is 5.26 Å². The second-order valence-electron chi connectivity index (χ2n) is 15.8. The molecule has 6 aromatic carbocycles. The molecule has 0 N–H and O–H groups in total. The molecule has 0 unspecified atom stereocenters. The van der Waals surface area contributed by atoms with E-state index in [9.17, 15) is 5.26 Å². The number of hydrogen-bond donors (Lipinski definition) is 0. The Labute approximate surface area is 299 Å². The summed E-state index contributed by atoms with van der Waals surface area (Å²) in [5.74, 6) is 0. The molecular formula is C47H40N4. The normalized spacial score (nSPS) is 12.2. The average molecular weight is 661 g/mol. The van der Waals surface area contributed by atoms with Crippen molar-refractivity contribution in [1.82, 2.24) is 9.13 Å². The molecule has 0 saturated heterocycles. The molecule has 8 aromatic rings. The minimum atomic E-state index is -0.0250. The van der Waals surface area contributed by atoms with Crippen molar-refractivity contribution >= 4 is 49.3 Å². The standard InChI is InChI=1S/C47H40N4/c1-29-23-30(28-48)25-31(24-29)34-19-22-43(50-39-15-11-9-13-35(39)37-26-32(46(2,3)4)17-20-41(37)50)44(49-8)45(34)51-40-16-12-10-14-36(40)38-27-33(47(5,6)7)18-21-42(38)51/h9-27H,1-7H3. The molecule has 0 amide bonds. The van der Waals surface area contributed by atoms with Crippen LogP contribution >= 0.6 is 0 Å². The first-order chi connectivity index (χ1) is 24.4. The lowest BCUT2D eigenvalue weighted by atomic mass is 9.86. The van der Waals surface area contributed by atoms with Crippen molar-refractivity contribution in [1.29, 1.82) is 5.26 Å². The maximum atomic E-state index is 9.99. The summed E-state index contributed by atoms with van der Waals surface area (Å²) in [5.41, 5.74) is 12.3. The van der Waals surface area contributed by atoms with Gasteiger partial charge in [0.1, 0.15) is 0 Å². The fraction of sp³-hybridized carbons (Fsp3) is 0.191. The van der Waals surface area contributed by atoms with E-state index < -0.39 is 0 Å². The summed E-state index contributed by atoms with van der Waals surface area (Å²) in [6.07, 6.45) is 0. The molecule has 0 bridgehead atoms. The molecule has 4 heteroatoms. The molecule has 4 nitrogen and oxygen atoms in total. The number of hydrogen-bond acceptors (Lipinski definition) is 1. The number of para-hydroxylation sites is 2. The SMILES string of the molecule is [C-]#[N+]c1c(-n2c3ccccc3c3cc(C(C)(C)C)ccc32)ccc(-c2cc(C)cc(C#N)c2)c1-n1c2ccccc2c2cc(C(C)(C)C)ccc21. The number of fused-ring (bicyclic) bond motifs is 6. The van der Waals surface area contributed by atoms with Crippen LogP contribution in [0.1, 0.15) is 63.8 Å². The van der Waals surface area contributed by atoms with E-state index in [0.29, 0.717) is 11.3 Å². The first-order valence-corrected chi connectivity index (χ1v) is 17.5. The highest BCUT2D eigenvalue weighted by molar-refractivity contribution is 6.13. The van der Waals surface area contributed by atoms with Gasteiger partial charge in [0, 0.05) is 21.5 Å². The van der Waals surface area contributed by atoms with Crippen LogP contribution in [0, 0.1) is 24.8 Å². The Bertz CT molecular complexity index is 2800. The molecule has 8 rings (SSSR count). The van der Waals surface area contributed by atoms with Gasteiger partial charge in [0.05, 0.1) is 51.6 Å². The molecular weight excluding hydrogens is 621 g/mol. The highest BCUT2D eigenvalue weighted by Crippen LogP contribution is 2.46. The Morgan fingerprint density at radius 1 is 0.588 bits per heavy atom. The molecule has 0 fully saturated rings. The average Bonchev–Trinajstić information content (AvgIpc) is 3.62. The predicted octanol–water partition coefficient (Wildman–Crippen LogP) is 12.9. The van der Waals surface area contributed by atoms with Crippen molar-refractivity contribution in [2.45, 2.75) is 59.3 Å². The molecule has 0 radical (unpaired) electrons. The van der Waals surface area contributed by atoms with E-state index in [1.54, 1.807) is 0 Å². The van der Waals surface area contributed by atoms with Crippen LogP contribution in [0.4, 0.5) is 5.69 Å². The maximum Gasteiger partial charge on any atom is 0.234 e. The summed E-state index contributed by atoms with van der Waals surface area (Å²) >= 11 is 0. The summed E-state index contributed by atoms with van der Waals surface area (Å²) < 4.78 is 4.55. The van der Waals surface area contributed by atoms with Gasteiger partial charge in [-0.05, 0) is 100 Å². The van der Waals surface area contributed by atoms with E-state index in [4.69, 9.17) is 6.57 Å². The number of aromatic nitrogens is 2. The van der Waals surface area contributed by atoms with E-state index in [2.05, 4.69) is 165 Å². The number of nitriles is 1. The summed E-state index contributed by atoms with van der Waals surface area (Å²) in [5, 5.41) is 14.6. The Morgan fingerprint density at radius 2 is 1.12 bits per heavy atom. The zero-order chi connectivity index (χ0) is 35.8. The summed E-state index contributed by atoms with van der Waals surface area (Å²) in [4.78, 5) is 4.42. The second kappa shape index (κ2) is 11.5. The lowest BCUT2D eigenvalue weighted by Crippen LogP contribution is -2.10. The van der Waals surface area contributed by atoms with Crippen molar-refractivity contribution in [2.24, 2.45) is 0 Å². The van der Waals surface area contributed by atoms with Gasteiger partial charge in [0.2, 0.25) is 5.69 Å². The maximum absolute atomic E-state index is 9.99. The van der Waals surface area contributed by atoms with Crippen LogP contribution in [-0.2, 0) is 10.8 Å². The Kier molecular flexibility index (Phi) is 7.23. The highest BCUT2D eigenvalue weighted by Gasteiger charge is 2.26. The highest BCUT2D eigenvalue weighted by atomic mass is 15.1. The van der Waals surface area contributed by atoms with Crippen LogP contribution in [-0.4, -0.2) is 9.13 Å². The molecule has 2 heterocycles. The third-order valence-electron chi connectivity index (χ3n) is 10.3. The first-order valence-electron chi connectivity index (χ1n) is 17.5. The van der Waals surface area contributed by atoms with Crippen molar-refractivity contribution < 1.29 is 0 Å². The van der Waals surface area contributed by atoms with Crippen molar-refractivity contribution in [3.05, 3.63) is 149 Å². The summed E-state index contributed by atoms with van der Waals surface area (Å²) in [6, 6.07) is 43.1. The monoisotopic (exact) mass is 660 g/mol. The van der Waals surface area contributed by atoms with E-state index in [0.717, 1.165) is 66.3 Å². The minimum absolute atomic E-state index is 0.00658. The van der Waals surface area contributed by atoms with Gasteiger partial charge in [0.25, 0.3) is 0 Å². The molecule has 0 aliphatic carbocycles. The zero-order valence-corrected chi connectivity index (χ0v) is 30.3. The zero-order valence-electron chi connectivity index (χ0n) is 30.3. The van der Waals surface area contributed by atoms with Crippen LogP contribution < -0.4 is 0 Å². The molecule has 0 spiro atoms. The largest absolute Gasteiger partial charge is 0.319 e. The van der Waals surface area contributed by atoms with Gasteiger partial charge < -0.3 is 9.13 Å². The van der Waals surface area contributed by atoms with Crippen LogP contribution in [0.15, 0.2) is 115 Å². The number of aryl methyl sites for hydroxylation is 1. The fourth-order valence-electron chi connectivity index (χ4n) is 7.70. The molecule has 0 atom stereocenters. The van der Waals surface area contributed by atoms with Gasteiger partial charge in [-0.25, -0.2) is 4.85 Å². The molecule has 0 aliphatic heterocycles. The van der Waals surface area contributed by atoms with E-state index in [-0.39, 0.29) is 10.8 Å². The van der Waals surface area contributed by atoms with Gasteiger partial charge in [-0.3, -0.25) is 0 Å². The van der Waals surface area contributed by atoms with Crippen LogP contribution in [0.5, 0.6) is 0 Å². The van der Waals surface area contributed by atoms with Crippen molar-refractivity contribution in [3.63, 3.8) is 0 Å². The molecule has 2 aromatic heterocycles. The van der Waals surface area contributed by atoms with E-state index in [1.165, 1.54) is 16.5 Å².